The smallest absolute Gasteiger partial charge is 0.388 e. The number of nitrogens with zero attached hydrogens (tertiary/aromatic N) is 2. The van der Waals surface area contributed by atoms with E-state index in [-0.39, 0.29) is 11.8 Å². The van der Waals surface area contributed by atoms with Crippen LogP contribution in [-0.2, 0) is 4.74 Å². The lowest BCUT2D eigenvalue weighted by Gasteiger charge is -2.33. The van der Waals surface area contributed by atoms with Crippen molar-refractivity contribution in [3.8, 4) is 5.88 Å². The molecule has 2 fully saturated rings. The lowest BCUT2D eigenvalue weighted by molar-refractivity contribution is -0.276. The van der Waals surface area contributed by atoms with E-state index in [0.29, 0.717) is 5.69 Å². The second-order valence-electron chi connectivity index (χ2n) is 6.91. The van der Waals surface area contributed by atoms with Gasteiger partial charge in [0.15, 0.2) is 0 Å². The van der Waals surface area contributed by atoms with Gasteiger partial charge in [-0.1, -0.05) is 6.07 Å². The highest BCUT2D eigenvalue weighted by Crippen LogP contribution is 2.30. The Morgan fingerprint density at radius 2 is 1.84 bits per heavy atom. The molecular weight excluding hydrogens is 333 g/mol. The first kappa shape index (κ1) is 18.5. The van der Waals surface area contributed by atoms with Crippen LogP contribution < -0.4 is 4.74 Å². The van der Waals surface area contributed by atoms with E-state index >= 15 is 0 Å². The highest BCUT2D eigenvalue weighted by molar-refractivity contribution is 5.19. The molecule has 140 valence electrons. The molecule has 0 bridgehead atoms. The van der Waals surface area contributed by atoms with Crippen LogP contribution in [0.25, 0.3) is 0 Å². The minimum atomic E-state index is -4.70. The minimum Gasteiger partial charge on any atom is -0.388 e. The molecule has 0 atom stereocenters. The SMILES string of the molecule is FC(F)(F)Oc1cccc(C2CCN(CCC3CCOCC3)CC2)n1. The van der Waals surface area contributed by atoms with Crippen LogP contribution in [0.3, 0.4) is 0 Å². The van der Waals surface area contributed by atoms with E-state index in [1.54, 1.807) is 12.1 Å². The van der Waals surface area contributed by atoms with Crippen molar-refractivity contribution in [1.82, 2.24) is 9.88 Å². The van der Waals surface area contributed by atoms with E-state index in [1.165, 1.54) is 12.5 Å². The van der Waals surface area contributed by atoms with Crippen molar-refractivity contribution in [2.24, 2.45) is 5.92 Å². The standard InChI is InChI=1S/C18H25F3N2O2/c19-18(20,21)25-17-3-1-2-16(22-17)15-5-10-23(11-6-15)9-4-14-7-12-24-13-8-14/h1-3,14-15H,4-13H2. The molecule has 0 spiro atoms. The molecule has 2 aliphatic heterocycles. The Morgan fingerprint density at radius 1 is 1.12 bits per heavy atom. The van der Waals surface area contributed by atoms with Crippen LogP contribution in [0.1, 0.15) is 43.7 Å². The number of alkyl halides is 3. The Hall–Kier alpha value is -1.34. The van der Waals surface area contributed by atoms with Gasteiger partial charge in [0.1, 0.15) is 0 Å². The molecule has 0 saturated carbocycles. The lowest BCUT2D eigenvalue weighted by Crippen LogP contribution is -2.35. The zero-order valence-electron chi connectivity index (χ0n) is 14.3. The van der Waals surface area contributed by atoms with Gasteiger partial charge in [0, 0.05) is 30.9 Å². The first-order valence-corrected chi connectivity index (χ1v) is 9.02. The molecular formula is C18H25F3N2O2. The summed E-state index contributed by atoms with van der Waals surface area (Å²) < 4.78 is 46.3. The van der Waals surface area contributed by atoms with E-state index in [9.17, 15) is 13.2 Å². The Morgan fingerprint density at radius 3 is 2.52 bits per heavy atom. The number of pyridine rings is 1. The first-order chi connectivity index (χ1) is 12.0. The van der Waals surface area contributed by atoms with Crippen molar-refractivity contribution in [2.45, 2.75) is 44.4 Å². The minimum absolute atomic E-state index is 0.205. The van der Waals surface area contributed by atoms with E-state index < -0.39 is 6.36 Å². The fraction of sp³-hybridized carbons (Fsp3) is 0.722. The van der Waals surface area contributed by atoms with Gasteiger partial charge >= 0.3 is 6.36 Å². The molecule has 0 aromatic carbocycles. The maximum atomic E-state index is 12.3. The molecule has 7 heteroatoms. The van der Waals surface area contributed by atoms with E-state index in [2.05, 4.69) is 14.6 Å². The average molecular weight is 358 g/mol. The molecule has 3 rings (SSSR count). The van der Waals surface area contributed by atoms with E-state index in [0.717, 1.165) is 64.4 Å². The predicted octanol–water partition coefficient (Wildman–Crippen LogP) is 3.98. The van der Waals surface area contributed by atoms with Gasteiger partial charge in [-0.3, -0.25) is 0 Å². The number of ether oxygens (including phenoxy) is 2. The third kappa shape index (κ3) is 5.85. The fourth-order valence-electron chi connectivity index (χ4n) is 3.69. The van der Waals surface area contributed by atoms with Crippen LogP contribution in [0.4, 0.5) is 13.2 Å². The van der Waals surface area contributed by atoms with Gasteiger partial charge in [-0.2, -0.15) is 0 Å². The summed E-state index contributed by atoms with van der Waals surface area (Å²) in [4.78, 5) is 6.51. The predicted molar refractivity (Wildman–Crippen MR) is 87.5 cm³/mol. The van der Waals surface area contributed by atoms with Crippen LogP contribution in [0.15, 0.2) is 18.2 Å². The quantitative estimate of drug-likeness (QED) is 0.798. The number of piperidine rings is 1. The normalized spacial score (nSPS) is 21.4. The Kier molecular flexibility index (Phi) is 6.17. The molecule has 4 nitrogen and oxygen atoms in total. The molecule has 0 unspecified atom stereocenters. The fourth-order valence-corrected chi connectivity index (χ4v) is 3.69. The molecule has 2 aliphatic rings. The first-order valence-electron chi connectivity index (χ1n) is 9.02. The van der Waals surface area contributed by atoms with Gasteiger partial charge in [0.05, 0.1) is 0 Å². The number of rotatable bonds is 5. The van der Waals surface area contributed by atoms with Crippen molar-refractivity contribution in [3.05, 3.63) is 23.9 Å². The van der Waals surface area contributed by atoms with Gasteiger partial charge < -0.3 is 14.4 Å². The highest BCUT2D eigenvalue weighted by atomic mass is 19.4. The van der Waals surface area contributed by atoms with Gasteiger partial charge in [-0.05, 0) is 63.7 Å². The molecule has 0 amide bonds. The molecule has 0 radical (unpaired) electrons. The third-order valence-corrected chi connectivity index (χ3v) is 5.17. The molecule has 0 aliphatic carbocycles. The zero-order chi connectivity index (χ0) is 17.7. The monoisotopic (exact) mass is 358 g/mol. The molecule has 1 aromatic heterocycles. The maximum Gasteiger partial charge on any atom is 0.574 e. The topological polar surface area (TPSA) is 34.6 Å². The van der Waals surface area contributed by atoms with Gasteiger partial charge in [-0.25, -0.2) is 4.98 Å². The molecule has 0 N–H and O–H groups in total. The van der Waals surface area contributed by atoms with Crippen LogP contribution in [-0.4, -0.2) is 49.1 Å². The Labute approximate surface area is 146 Å². The lowest BCUT2D eigenvalue weighted by atomic mass is 9.92. The van der Waals surface area contributed by atoms with Gasteiger partial charge in [0.25, 0.3) is 0 Å². The summed E-state index contributed by atoms with van der Waals surface area (Å²) in [6.45, 7) is 4.81. The number of aromatic nitrogens is 1. The van der Waals surface area contributed by atoms with Crippen molar-refractivity contribution in [2.75, 3.05) is 32.8 Å². The van der Waals surface area contributed by atoms with Crippen LogP contribution in [0.2, 0.25) is 0 Å². The van der Waals surface area contributed by atoms with Crippen LogP contribution in [0.5, 0.6) is 5.88 Å². The summed E-state index contributed by atoms with van der Waals surface area (Å²) >= 11 is 0. The molecule has 1 aromatic rings. The summed E-state index contributed by atoms with van der Waals surface area (Å²) in [5, 5.41) is 0. The number of hydrogen-bond acceptors (Lipinski definition) is 4. The number of hydrogen-bond donors (Lipinski definition) is 0. The average Bonchev–Trinajstić information content (AvgIpc) is 2.60. The van der Waals surface area contributed by atoms with Crippen molar-refractivity contribution in [1.29, 1.82) is 0 Å². The number of halogens is 3. The Bertz CT molecular complexity index is 539. The molecule has 2 saturated heterocycles. The summed E-state index contributed by atoms with van der Waals surface area (Å²) in [6, 6.07) is 4.63. The number of likely N-dealkylation sites (tertiary alicyclic amines) is 1. The third-order valence-electron chi connectivity index (χ3n) is 5.17. The van der Waals surface area contributed by atoms with Crippen molar-refractivity contribution in [3.63, 3.8) is 0 Å². The van der Waals surface area contributed by atoms with Gasteiger partial charge in [-0.15, -0.1) is 13.2 Å². The van der Waals surface area contributed by atoms with Crippen LogP contribution in [0, 0.1) is 5.92 Å². The van der Waals surface area contributed by atoms with E-state index in [4.69, 9.17) is 4.74 Å². The summed E-state index contributed by atoms with van der Waals surface area (Å²) in [5.41, 5.74) is 0.700. The molecule has 25 heavy (non-hydrogen) atoms. The van der Waals surface area contributed by atoms with Gasteiger partial charge in [0.2, 0.25) is 5.88 Å². The van der Waals surface area contributed by atoms with Crippen molar-refractivity contribution >= 4 is 0 Å². The van der Waals surface area contributed by atoms with Crippen LogP contribution >= 0.6 is 0 Å². The van der Waals surface area contributed by atoms with Crippen molar-refractivity contribution < 1.29 is 22.6 Å². The summed E-state index contributed by atoms with van der Waals surface area (Å²) in [5.74, 6) is 0.604. The summed E-state index contributed by atoms with van der Waals surface area (Å²) in [6.07, 6.45) is 0.686. The maximum absolute atomic E-state index is 12.3. The zero-order valence-corrected chi connectivity index (χ0v) is 14.3. The Balaban J connectivity index is 1.46. The molecule has 3 heterocycles. The second-order valence-corrected chi connectivity index (χ2v) is 6.91. The van der Waals surface area contributed by atoms with E-state index in [1.807, 2.05) is 0 Å². The second kappa shape index (κ2) is 8.36. The largest absolute Gasteiger partial charge is 0.574 e. The highest BCUT2D eigenvalue weighted by Gasteiger charge is 2.32. The summed E-state index contributed by atoms with van der Waals surface area (Å²) in [7, 11) is 0.